The van der Waals surface area contributed by atoms with E-state index in [0.29, 0.717) is 5.92 Å². The van der Waals surface area contributed by atoms with Gasteiger partial charge in [0.15, 0.2) is 0 Å². The van der Waals surface area contributed by atoms with E-state index in [4.69, 9.17) is 5.26 Å². The van der Waals surface area contributed by atoms with Crippen LogP contribution >= 0.6 is 0 Å². The lowest BCUT2D eigenvalue weighted by Crippen LogP contribution is -2.47. The molecular formula is C21H21N5. The minimum atomic E-state index is 0.627. The number of aromatic nitrogens is 3. The third-order valence-corrected chi connectivity index (χ3v) is 4.93. The molecule has 1 aliphatic heterocycles. The fraction of sp³-hybridized carbons (Fsp3) is 0.286. The third-order valence-electron chi connectivity index (χ3n) is 4.93. The minimum absolute atomic E-state index is 0.627. The van der Waals surface area contributed by atoms with Crippen molar-refractivity contribution in [2.75, 3.05) is 13.1 Å². The number of hydrogen-bond acceptors (Lipinski definition) is 4. The molecule has 0 bridgehead atoms. The van der Waals surface area contributed by atoms with E-state index in [1.165, 1.54) is 11.3 Å². The summed E-state index contributed by atoms with van der Waals surface area (Å²) in [5.74, 6) is 1.65. The van der Waals surface area contributed by atoms with Gasteiger partial charge in [-0.05, 0) is 36.8 Å². The highest BCUT2D eigenvalue weighted by atomic mass is 15.2. The van der Waals surface area contributed by atoms with E-state index in [0.717, 1.165) is 43.1 Å². The number of nitrogens with zero attached hydrogens (tertiary/aromatic N) is 5. The third kappa shape index (κ3) is 3.37. The number of benzene rings is 1. The van der Waals surface area contributed by atoms with E-state index in [-0.39, 0.29) is 0 Å². The first-order chi connectivity index (χ1) is 12.7. The number of rotatable bonds is 5. The number of pyridine rings is 1. The summed E-state index contributed by atoms with van der Waals surface area (Å²) in [5, 5.41) is 9.02. The van der Waals surface area contributed by atoms with Gasteiger partial charge in [-0.2, -0.15) is 5.26 Å². The molecule has 0 atom stereocenters. The zero-order valence-electron chi connectivity index (χ0n) is 14.8. The van der Waals surface area contributed by atoms with Crippen molar-refractivity contribution in [3.05, 3.63) is 71.8 Å². The molecule has 130 valence electrons. The van der Waals surface area contributed by atoms with Crippen LogP contribution in [-0.4, -0.2) is 32.5 Å². The van der Waals surface area contributed by atoms with Crippen LogP contribution in [-0.2, 0) is 13.1 Å². The van der Waals surface area contributed by atoms with Crippen molar-refractivity contribution >= 4 is 0 Å². The van der Waals surface area contributed by atoms with Crippen molar-refractivity contribution < 1.29 is 0 Å². The lowest BCUT2D eigenvalue weighted by atomic mass is 9.98. The molecule has 0 spiro atoms. The molecule has 2 aromatic heterocycles. The van der Waals surface area contributed by atoms with Crippen molar-refractivity contribution in [2.24, 2.45) is 5.92 Å². The van der Waals surface area contributed by atoms with Crippen LogP contribution in [0.3, 0.4) is 0 Å². The van der Waals surface area contributed by atoms with Crippen LogP contribution in [0.1, 0.15) is 16.8 Å². The quantitative estimate of drug-likeness (QED) is 0.713. The summed E-state index contributed by atoms with van der Waals surface area (Å²) >= 11 is 0. The highest BCUT2D eigenvalue weighted by molar-refractivity contribution is 5.55. The predicted molar refractivity (Wildman–Crippen MR) is 100 cm³/mol. The summed E-state index contributed by atoms with van der Waals surface area (Å²) in [6.45, 7) is 6.15. The van der Waals surface area contributed by atoms with E-state index in [1.54, 1.807) is 0 Å². The molecule has 0 amide bonds. The Bertz CT molecular complexity index is 933. The fourth-order valence-corrected chi connectivity index (χ4v) is 3.60. The first-order valence-corrected chi connectivity index (χ1v) is 8.87. The fourth-order valence-electron chi connectivity index (χ4n) is 3.60. The van der Waals surface area contributed by atoms with E-state index in [1.807, 2.05) is 48.9 Å². The average molecular weight is 343 g/mol. The van der Waals surface area contributed by atoms with Gasteiger partial charge in [-0.25, -0.2) is 4.98 Å². The SMILES string of the molecule is Cc1cnc(-c2ccncc2)n1CC1CN(Cc2cccc(C#N)c2)C1. The molecule has 1 aromatic carbocycles. The lowest BCUT2D eigenvalue weighted by molar-refractivity contribution is 0.0803. The zero-order valence-corrected chi connectivity index (χ0v) is 14.8. The van der Waals surface area contributed by atoms with E-state index >= 15 is 0 Å². The smallest absolute Gasteiger partial charge is 0.140 e. The van der Waals surface area contributed by atoms with Crippen LogP contribution in [0, 0.1) is 24.2 Å². The van der Waals surface area contributed by atoms with Crippen molar-refractivity contribution in [2.45, 2.75) is 20.0 Å². The second-order valence-electron chi connectivity index (χ2n) is 6.94. The Morgan fingerprint density at radius 3 is 2.77 bits per heavy atom. The van der Waals surface area contributed by atoms with Crippen LogP contribution in [0.4, 0.5) is 0 Å². The van der Waals surface area contributed by atoms with Gasteiger partial charge < -0.3 is 4.57 Å². The Morgan fingerprint density at radius 2 is 2.00 bits per heavy atom. The molecule has 1 fully saturated rings. The minimum Gasteiger partial charge on any atom is -0.328 e. The zero-order chi connectivity index (χ0) is 17.9. The number of likely N-dealkylation sites (tertiary alicyclic amines) is 1. The van der Waals surface area contributed by atoms with Crippen molar-refractivity contribution in [1.82, 2.24) is 19.4 Å². The van der Waals surface area contributed by atoms with Gasteiger partial charge in [0.05, 0.1) is 11.6 Å². The molecular weight excluding hydrogens is 322 g/mol. The maximum absolute atomic E-state index is 9.02. The molecule has 0 aliphatic carbocycles. The number of hydrogen-bond donors (Lipinski definition) is 0. The van der Waals surface area contributed by atoms with Gasteiger partial charge in [-0.3, -0.25) is 9.88 Å². The number of nitriles is 1. The summed E-state index contributed by atoms with van der Waals surface area (Å²) in [7, 11) is 0. The summed E-state index contributed by atoms with van der Waals surface area (Å²) < 4.78 is 2.31. The number of aryl methyl sites for hydroxylation is 1. The van der Waals surface area contributed by atoms with Gasteiger partial charge in [-0.15, -0.1) is 0 Å². The molecule has 0 N–H and O–H groups in total. The van der Waals surface area contributed by atoms with Crippen molar-refractivity contribution in [3.63, 3.8) is 0 Å². The predicted octanol–water partition coefficient (Wildman–Crippen LogP) is 3.26. The molecule has 3 heterocycles. The van der Waals surface area contributed by atoms with Gasteiger partial charge in [0.1, 0.15) is 5.82 Å². The maximum Gasteiger partial charge on any atom is 0.140 e. The Hall–Kier alpha value is -2.97. The summed E-state index contributed by atoms with van der Waals surface area (Å²) in [5.41, 5.74) is 4.24. The molecule has 0 radical (unpaired) electrons. The van der Waals surface area contributed by atoms with Gasteiger partial charge >= 0.3 is 0 Å². The monoisotopic (exact) mass is 343 g/mol. The van der Waals surface area contributed by atoms with Crippen LogP contribution in [0.2, 0.25) is 0 Å². The number of imidazole rings is 1. The van der Waals surface area contributed by atoms with Crippen LogP contribution in [0.25, 0.3) is 11.4 Å². The van der Waals surface area contributed by atoms with Crippen LogP contribution in [0.5, 0.6) is 0 Å². The molecule has 0 unspecified atom stereocenters. The standard InChI is InChI=1S/C21H21N5/c1-16-11-24-21(20-5-7-23-8-6-20)26(16)15-19-13-25(14-19)12-18-4-2-3-17(9-18)10-22/h2-9,11,19H,12-15H2,1H3. The second-order valence-corrected chi connectivity index (χ2v) is 6.94. The Morgan fingerprint density at radius 1 is 1.19 bits per heavy atom. The molecule has 3 aromatic rings. The highest BCUT2D eigenvalue weighted by Crippen LogP contribution is 2.25. The van der Waals surface area contributed by atoms with E-state index < -0.39 is 0 Å². The molecule has 0 saturated carbocycles. The summed E-state index contributed by atoms with van der Waals surface area (Å²) in [4.78, 5) is 11.1. The van der Waals surface area contributed by atoms with Crippen LogP contribution < -0.4 is 0 Å². The van der Waals surface area contributed by atoms with E-state index in [9.17, 15) is 0 Å². The van der Waals surface area contributed by atoms with E-state index in [2.05, 4.69) is 38.5 Å². The van der Waals surface area contributed by atoms with Crippen LogP contribution in [0.15, 0.2) is 55.0 Å². The first-order valence-electron chi connectivity index (χ1n) is 8.87. The topological polar surface area (TPSA) is 57.7 Å². The summed E-state index contributed by atoms with van der Waals surface area (Å²) in [6.07, 6.45) is 5.56. The largest absolute Gasteiger partial charge is 0.328 e. The Balaban J connectivity index is 1.39. The lowest BCUT2D eigenvalue weighted by Gasteiger charge is -2.40. The first kappa shape index (κ1) is 16.5. The molecule has 1 aliphatic rings. The Labute approximate surface area is 153 Å². The molecule has 1 saturated heterocycles. The second kappa shape index (κ2) is 7.11. The molecule has 26 heavy (non-hydrogen) atoms. The maximum atomic E-state index is 9.02. The van der Waals surface area contributed by atoms with Gasteiger partial charge in [0, 0.05) is 61.9 Å². The average Bonchev–Trinajstić information content (AvgIpc) is 3.01. The van der Waals surface area contributed by atoms with Gasteiger partial charge in [0.2, 0.25) is 0 Å². The molecule has 5 heteroatoms. The normalized spacial score (nSPS) is 14.8. The molecule has 4 rings (SSSR count). The Kier molecular flexibility index (Phi) is 4.51. The highest BCUT2D eigenvalue weighted by Gasteiger charge is 2.28. The van der Waals surface area contributed by atoms with Crippen molar-refractivity contribution in [1.29, 1.82) is 5.26 Å². The van der Waals surface area contributed by atoms with Gasteiger partial charge in [-0.1, -0.05) is 12.1 Å². The van der Waals surface area contributed by atoms with Crippen molar-refractivity contribution in [3.8, 4) is 17.5 Å². The summed E-state index contributed by atoms with van der Waals surface area (Å²) in [6, 6.07) is 14.1. The molecule has 5 nitrogen and oxygen atoms in total. The van der Waals surface area contributed by atoms with Gasteiger partial charge in [0.25, 0.3) is 0 Å².